The van der Waals surface area contributed by atoms with Crippen molar-refractivity contribution in [1.82, 2.24) is 0 Å². The Morgan fingerprint density at radius 3 is 2.09 bits per heavy atom. The van der Waals surface area contributed by atoms with Gasteiger partial charge < -0.3 is 59.8 Å². The van der Waals surface area contributed by atoms with Crippen LogP contribution in [0.2, 0.25) is 0 Å². The lowest BCUT2D eigenvalue weighted by atomic mass is 9.35. The largest absolute Gasteiger partial charge is 0.393 e. The van der Waals surface area contributed by atoms with Crippen molar-refractivity contribution in [2.24, 2.45) is 45.3 Å². The summed E-state index contributed by atoms with van der Waals surface area (Å²) in [6, 6.07) is 0. The highest BCUT2D eigenvalue weighted by Crippen LogP contribution is 2.76. The maximum absolute atomic E-state index is 12.4. The number of aliphatic hydroxyl groups is 8. The number of fused-ring (bicyclic) bond motifs is 5. The van der Waals surface area contributed by atoms with Gasteiger partial charge in [0.15, 0.2) is 12.6 Å². The molecule has 12 heteroatoms. The number of ether oxygens (including phenoxy) is 4. The molecule has 0 aromatic heterocycles. The topological polar surface area (TPSA) is 199 Å². The number of rotatable bonds is 9. The van der Waals surface area contributed by atoms with Crippen LogP contribution in [0.1, 0.15) is 113 Å². The Morgan fingerprint density at radius 2 is 1.42 bits per heavy atom. The van der Waals surface area contributed by atoms with Gasteiger partial charge in [0.1, 0.15) is 42.7 Å². The molecule has 10 unspecified atom stereocenters. The molecule has 4 saturated carbocycles. The number of hydrogen-bond donors (Lipinski definition) is 8. The third kappa shape index (κ3) is 6.90. The molecule has 53 heavy (non-hydrogen) atoms. The first-order valence-electron chi connectivity index (χ1n) is 20.3. The minimum atomic E-state index is -1.63. The molecule has 6 rings (SSSR count). The Bertz CT molecular complexity index is 1320. The van der Waals surface area contributed by atoms with E-state index in [2.05, 4.69) is 40.7 Å². The molecule has 0 bridgehead atoms. The summed E-state index contributed by atoms with van der Waals surface area (Å²) >= 11 is 0. The molecule has 0 aromatic rings. The second kappa shape index (κ2) is 14.9. The van der Waals surface area contributed by atoms with Crippen LogP contribution in [0.15, 0.2) is 11.6 Å². The quantitative estimate of drug-likeness (QED) is 0.161. The molecule has 2 saturated heterocycles. The first-order valence-corrected chi connectivity index (χ1v) is 20.3. The summed E-state index contributed by atoms with van der Waals surface area (Å²) in [6.45, 7) is 17.2. The molecule has 19 atom stereocenters. The molecule has 2 aliphatic heterocycles. The predicted molar refractivity (Wildman–Crippen MR) is 195 cm³/mol. The van der Waals surface area contributed by atoms with Gasteiger partial charge in [-0.25, -0.2) is 0 Å². The van der Waals surface area contributed by atoms with E-state index in [4.69, 9.17) is 18.9 Å². The standard InChI is InChI=1S/C41H70O12/c1-21(2)10-9-14-41(8,53-36-34(49)32(47)31(46)25(52-36)20-51-35-33(48)30(45)24(43)19-50-35)22-11-16-40(7)29(22)23(42)18-27-38(5)15-13-28(44)37(3,4)26(38)12-17-39(27,40)6/h10,22-36,42-49H,9,11-20H2,1-8H3/t22?,23?,24-,25-,26?,27?,28?,29?,30+,31-,32+,33-,34-,35+,36+,38?,39?,40?,41?/m1/s1. The Labute approximate surface area is 315 Å². The van der Waals surface area contributed by atoms with Gasteiger partial charge in [-0.3, -0.25) is 0 Å². The van der Waals surface area contributed by atoms with Gasteiger partial charge in [-0.05, 0) is 124 Å². The van der Waals surface area contributed by atoms with Crippen molar-refractivity contribution < 1.29 is 59.8 Å². The monoisotopic (exact) mass is 754 g/mol. The van der Waals surface area contributed by atoms with Gasteiger partial charge in [-0.2, -0.15) is 0 Å². The average Bonchev–Trinajstić information content (AvgIpc) is 3.47. The van der Waals surface area contributed by atoms with Crippen molar-refractivity contribution in [1.29, 1.82) is 0 Å². The minimum Gasteiger partial charge on any atom is -0.393 e. The van der Waals surface area contributed by atoms with Crippen LogP contribution in [-0.4, -0.2) is 127 Å². The fourth-order valence-electron chi connectivity index (χ4n) is 12.9. The maximum atomic E-state index is 12.4. The zero-order chi connectivity index (χ0) is 39.1. The van der Waals surface area contributed by atoms with Gasteiger partial charge in [0.2, 0.25) is 0 Å². The summed E-state index contributed by atoms with van der Waals surface area (Å²) < 4.78 is 24.1. The predicted octanol–water partition coefficient (Wildman–Crippen LogP) is 2.79. The van der Waals surface area contributed by atoms with Crippen molar-refractivity contribution in [3.05, 3.63) is 11.6 Å². The van der Waals surface area contributed by atoms with Crippen LogP contribution in [0.3, 0.4) is 0 Å². The van der Waals surface area contributed by atoms with Gasteiger partial charge in [0, 0.05) is 0 Å². The lowest BCUT2D eigenvalue weighted by Gasteiger charge is -2.70. The first kappa shape index (κ1) is 41.9. The molecule has 4 aliphatic carbocycles. The molecule has 12 nitrogen and oxygen atoms in total. The molecule has 0 aromatic carbocycles. The molecular weight excluding hydrogens is 684 g/mol. The van der Waals surface area contributed by atoms with Crippen LogP contribution < -0.4 is 0 Å². The summed E-state index contributed by atoms with van der Waals surface area (Å²) in [4.78, 5) is 0. The fourth-order valence-corrected chi connectivity index (χ4v) is 12.9. The summed E-state index contributed by atoms with van der Waals surface area (Å²) in [5.74, 6) is 0.469. The van der Waals surface area contributed by atoms with Crippen molar-refractivity contribution in [3.8, 4) is 0 Å². The number of aliphatic hydroxyl groups excluding tert-OH is 8. The van der Waals surface area contributed by atoms with Crippen molar-refractivity contribution in [3.63, 3.8) is 0 Å². The molecule has 0 amide bonds. The molecule has 306 valence electrons. The zero-order valence-electron chi connectivity index (χ0n) is 33.2. The van der Waals surface area contributed by atoms with E-state index in [1.807, 2.05) is 20.8 Å². The molecule has 0 spiro atoms. The van der Waals surface area contributed by atoms with Crippen LogP contribution in [0.4, 0.5) is 0 Å². The summed E-state index contributed by atoms with van der Waals surface area (Å²) in [5, 5.41) is 87.0. The molecule has 0 radical (unpaired) electrons. The highest BCUT2D eigenvalue weighted by atomic mass is 16.7. The van der Waals surface area contributed by atoms with Crippen molar-refractivity contribution in [2.75, 3.05) is 13.2 Å². The fraction of sp³-hybridized carbons (Fsp3) is 0.951. The average molecular weight is 755 g/mol. The smallest absolute Gasteiger partial charge is 0.187 e. The lowest BCUT2D eigenvalue weighted by molar-refractivity contribution is -0.345. The van der Waals surface area contributed by atoms with Crippen LogP contribution in [-0.2, 0) is 18.9 Å². The van der Waals surface area contributed by atoms with Crippen LogP contribution in [0.25, 0.3) is 0 Å². The molecule has 6 fully saturated rings. The van der Waals surface area contributed by atoms with E-state index in [0.29, 0.717) is 31.1 Å². The highest BCUT2D eigenvalue weighted by molar-refractivity contribution is 5.20. The van der Waals surface area contributed by atoms with E-state index in [0.717, 1.165) is 44.1 Å². The summed E-state index contributed by atoms with van der Waals surface area (Å²) in [7, 11) is 0. The van der Waals surface area contributed by atoms with E-state index in [-0.39, 0.29) is 52.8 Å². The van der Waals surface area contributed by atoms with E-state index in [9.17, 15) is 40.9 Å². The SMILES string of the molecule is CC(C)=CCCC(C)(O[C@@H]1O[C@H](CO[C@@H]2OC[C@@H](O)[C@H](O)[C@H]2O)[C@@H](O)[C@H](O)[C@H]1O)C1CCC2(C)C1C(O)CC1C3(C)CCC(O)C(C)(C)C3CCC12C. The highest BCUT2D eigenvalue weighted by Gasteiger charge is 2.71. The van der Waals surface area contributed by atoms with E-state index in [1.165, 1.54) is 0 Å². The van der Waals surface area contributed by atoms with Gasteiger partial charge in [0.05, 0.1) is 31.0 Å². The van der Waals surface area contributed by atoms with Crippen LogP contribution in [0.5, 0.6) is 0 Å². The van der Waals surface area contributed by atoms with Crippen LogP contribution in [0, 0.1) is 45.3 Å². The van der Waals surface area contributed by atoms with Gasteiger partial charge >= 0.3 is 0 Å². The maximum Gasteiger partial charge on any atom is 0.187 e. The summed E-state index contributed by atoms with van der Waals surface area (Å²) in [6.07, 6.45) is -4.18. The van der Waals surface area contributed by atoms with Crippen molar-refractivity contribution in [2.45, 2.75) is 186 Å². The molecular formula is C41H70O12. The normalized spacial score (nSPS) is 52.1. The van der Waals surface area contributed by atoms with E-state index < -0.39 is 67.0 Å². The molecule has 6 aliphatic rings. The van der Waals surface area contributed by atoms with Gasteiger partial charge in [-0.15, -0.1) is 0 Å². The van der Waals surface area contributed by atoms with Crippen LogP contribution >= 0.6 is 0 Å². The Morgan fingerprint density at radius 1 is 0.755 bits per heavy atom. The number of hydrogen-bond acceptors (Lipinski definition) is 12. The third-order valence-corrected chi connectivity index (χ3v) is 16.3. The minimum absolute atomic E-state index is 0.00324. The Balaban J connectivity index is 1.26. The van der Waals surface area contributed by atoms with E-state index in [1.54, 1.807) is 0 Å². The molecule has 8 N–H and O–H groups in total. The molecule has 2 heterocycles. The van der Waals surface area contributed by atoms with Gasteiger partial charge in [-0.1, -0.05) is 46.3 Å². The second-order valence-corrected chi connectivity index (χ2v) is 19.7. The van der Waals surface area contributed by atoms with Gasteiger partial charge in [0.25, 0.3) is 0 Å². The zero-order valence-corrected chi connectivity index (χ0v) is 33.2. The third-order valence-electron chi connectivity index (χ3n) is 16.3. The summed E-state index contributed by atoms with van der Waals surface area (Å²) in [5.41, 5.74) is -0.185. The Kier molecular flexibility index (Phi) is 11.8. The number of allylic oxidation sites excluding steroid dienone is 2. The first-order chi connectivity index (χ1) is 24.6. The second-order valence-electron chi connectivity index (χ2n) is 19.7. The van der Waals surface area contributed by atoms with Crippen molar-refractivity contribution >= 4 is 0 Å². The Hall–Kier alpha value is -0.740. The lowest BCUT2D eigenvalue weighted by Crippen LogP contribution is -2.67. The van der Waals surface area contributed by atoms with E-state index >= 15 is 0 Å².